The Balaban J connectivity index is 1.73. The van der Waals surface area contributed by atoms with Crippen LogP contribution in [0.5, 0.6) is 0 Å². The Morgan fingerprint density at radius 3 is 2.50 bits per heavy atom. The van der Waals surface area contributed by atoms with Gasteiger partial charge in [0.2, 0.25) is 0 Å². The lowest BCUT2D eigenvalue weighted by molar-refractivity contribution is 0.0177. The van der Waals surface area contributed by atoms with Gasteiger partial charge in [0.1, 0.15) is 17.1 Å². The lowest BCUT2D eigenvalue weighted by Crippen LogP contribution is -2.48. The fourth-order valence-corrected chi connectivity index (χ4v) is 3.71. The van der Waals surface area contributed by atoms with Gasteiger partial charge in [-0.2, -0.15) is 5.10 Å². The molecule has 3 heterocycles. The molecule has 1 saturated heterocycles. The second kappa shape index (κ2) is 6.68. The number of hydrogen-bond acceptors (Lipinski definition) is 7. The highest BCUT2D eigenvalue weighted by Crippen LogP contribution is 2.44. The van der Waals surface area contributed by atoms with E-state index < -0.39 is 11.5 Å². The quantitative estimate of drug-likeness (QED) is 0.558. The number of hydrazone groups is 1. The van der Waals surface area contributed by atoms with Crippen LogP contribution in [0.1, 0.15) is 39.8 Å². The van der Waals surface area contributed by atoms with Gasteiger partial charge in [-0.1, -0.05) is 26.0 Å². The Morgan fingerprint density at radius 1 is 1.30 bits per heavy atom. The maximum absolute atomic E-state index is 14.0. The summed E-state index contributed by atoms with van der Waals surface area (Å²) in [5.74, 6) is -1.58. The second-order valence-electron chi connectivity index (χ2n) is 9.36. The minimum atomic E-state index is -2.73. The number of likely N-dealkylation sites (tertiary alicyclic amines) is 1. The first-order valence-corrected chi connectivity index (χ1v) is 10.1. The van der Waals surface area contributed by atoms with Crippen LogP contribution in [0.25, 0.3) is 0 Å². The number of amidine groups is 2. The topological polar surface area (TPSA) is 74.3 Å². The summed E-state index contributed by atoms with van der Waals surface area (Å²) in [6, 6.07) is 0. The SMILES string of the molecule is CC1=CC12N=C(C(C)(C)C)N=C(N1CCC(F)(F)C1)/C2=N/N(C)Cc1cnnn1C. The highest BCUT2D eigenvalue weighted by molar-refractivity contribution is 6.49. The average molecular weight is 418 g/mol. The van der Waals surface area contributed by atoms with Crippen LogP contribution in [0.4, 0.5) is 8.78 Å². The Bertz CT molecular complexity index is 981. The second-order valence-corrected chi connectivity index (χ2v) is 9.36. The zero-order valence-corrected chi connectivity index (χ0v) is 18.3. The molecule has 8 nitrogen and oxygen atoms in total. The molecule has 1 aromatic rings. The predicted molar refractivity (Wildman–Crippen MR) is 112 cm³/mol. The van der Waals surface area contributed by atoms with Gasteiger partial charge in [-0.25, -0.2) is 18.8 Å². The number of hydrogen-bond donors (Lipinski definition) is 0. The van der Waals surface area contributed by atoms with E-state index in [1.54, 1.807) is 20.8 Å². The summed E-state index contributed by atoms with van der Waals surface area (Å²) in [4.78, 5) is 11.3. The zero-order chi connectivity index (χ0) is 21.9. The molecule has 1 unspecified atom stereocenters. The van der Waals surface area contributed by atoms with Crippen molar-refractivity contribution in [2.75, 3.05) is 20.1 Å². The lowest BCUT2D eigenvalue weighted by atomic mass is 9.92. The summed E-state index contributed by atoms with van der Waals surface area (Å²) in [6.45, 7) is 8.44. The molecule has 3 aliphatic rings. The summed E-state index contributed by atoms with van der Waals surface area (Å²) in [6.07, 6.45) is 3.52. The van der Waals surface area contributed by atoms with Crippen molar-refractivity contribution in [3.63, 3.8) is 0 Å². The lowest BCUT2D eigenvalue weighted by Gasteiger charge is -2.33. The molecule has 1 atom stereocenters. The number of rotatable bonds is 3. The highest BCUT2D eigenvalue weighted by atomic mass is 19.3. The monoisotopic (exact) mass is 418 g/mol. The number of nitrogens with zero attached hydrogens (tertiary/aromatic N) is 8. The Morgan fingerprint density at radius 2 is 2.00 bits per heavy atom. The van der Waals surface area contributed by atoms with E-state index >= 15 is 0 Å². The molecule has 0 aromatic carbocycles. The van der Waals surface area contributed by atoms with Crippen molar-refractivity contribution in [1.82, 2.24) is 24.9 Å². The first kappa shape index (κ1) is 20.6. The molecule has 1 aromatic heterocycles. The molecule has 4 rings (SSSR count). The van der Waals surface area contributed by atoms with Crippen molar-refractivity contribution in [2.24, 2.45) is 27.5 Å². The maximum atomic E-state index is 14.0. The third-order valence-corrected chi connectivity index (χ3v) is 5.62. The predicted octanol–water partition coefficient (Wildman–Crippen LogP) is 2.50. The van der Waals surface area contributed by atoms with Crippen LogP contribution in [-0.4, -0.2) is 73.9 Å². The van der Waals surface area contributed by atoms with Crippen LogP contribution >= 0.6 is 0 Å². The summed E-state index contributed by atoms with van der Waals surface area (Å²) in [5.41, 5.74) is 1.53. The van der Waals surface area contributed by atoms with E-state index in [9.17, 15) is 8.78 Å². The van der Waals surface area contributed by atoms with Crippen LogP contribution in [0.15, 0.2) is 32.9 Å². The van der Waals surface area contributed by atoms with Crippen LogP contribution in [-0.2, 0) is 13.6 Å². The van der Waals surface area contributed by atoms with Gasteiger partial charge in [-0.3, -0.25) is 9.69 Å². The summed E-state index contributed by atoms with van der Waals surface area (Å²) < 4.78 is 29.8. The number of aliphatic imine (C=N–C) groups is 2. The third kappa shape index (κ3) is 3.63. The van der Waals surface area contributed by atoms with Crippen molar-refractivity contribution in [3.05, 3.63) is 23.5 Å². The van der Waals surface area contributed by atoms with Gasteiger partial charge < -0.3 is 4.90 Å². The molecule has 0 saturated carbocycles. The van der Waals surface area contributed by atoms with Crippen molar-refractivity contribution < 1.29 is 8.78 Å². The van der Waals surface area contributed by atoms with Gasteiger partial charge >= 0.3 is 0 Å². The first-order chi connectivity index (χ1) is 13.9. The van der Waals surface area contributed by atoms with E-state index in [4.69, 9.17) is 15.1 Å². The standard InChI is InChI=1S/C20H28F2N8/c1-13-9-20(13)15(26-28(5)11-14-10-23-27-29(14)6)16(24-17(25-20)18(2,3)4)30-8-7-19(21,22)12-30/h9-10H,7-8,11-12H2,1-6H3/b26-15-. The molecule has 10 heteroatoms. The maximum Gasteiger partial charge on any atom is 0.266 e. The highest BCUT2D eigenvalue weighted by Gasteiger charge is 2.54. The van der Waals surface area contributed by atoms with Crippen molar-refractivity contribution in [1.29, 1.82) is 0 Å². The van der Waals surface area contributed by atoms with E-state index in [0.717, 1.165) is 11.3 Å². The van der Waals surface area contributed by atoms with Crippen LogP contribution in [0.2, 0.25) is 0 Å². The Hall–Kier alpha value is -2.65. The van der Waals surface area contributed by atoms with Crippen molar-refractivity contribution in [2.45, 2.75) is 52.1 Å². The number of aromatic nitrogens is 3. The fourth-order valence-electron chi connectivity index (χ4n) is 3.71. The van der Waals surface area contributed by atoms with Crippen molar-refractivity contribution in [3.8, 4) is 0 Å². The van der Waals surface area contributed by atoms with Gasteiger partial charge in [0, 0.05) is 32.5 Å². The van der Waals surface area contributed by atoms with E-state index in [0.29, 0.717) is 23.9 Å². The minimum absolute atomic E-state index is 0.183. The first-order valence-electron chi connectivity index (χ1n) is 10.1. The Labute approximate surface area is 175 Å². The van der Waals surface area contributed by atoms with Crippen LogP contribution in [0, 0.1) is 5.41 Å². The van der Waals surface area contributed by atoms with E-state index in [2.05, 4.69) is 10.3 Å². The number of aryl methyl sites for hydroxylation is 1. The van der Waals surface area contributed by atoms with E-state index in [-0.39, 0.29) is 24.9 Å². The Kier molecular flexibility index (Phi) is 4.59. The molecule has 1 fully saturated rings. The molecule has 162 valence electrons. The molecular weight excluding hydrogens is 390 g/mol. The molecular formula is C20H28F2N8. The van der Waals surface area contributed by atoms with Crippen LogP contribution in [0.3, 0.4) is 0 Å². The van der Waals surface area contributed by atoms with Gasteiger partial charge in [0.05, 0.1) is 25.0 Å². The molecule has 30 heavy (non-hydrogen) atoms. The normalized spacial score (nSPS) is 26.7. The zero-order valence-electron chi connectivity index (χ0n) is 18.3. The van der Waals surface area contributed by atoms with Gasteiger partial charge in [-0.15, -0.1) is 5.10 Å². The smallest absolute Gasteiger partial charge is 0.266 e. The molecule has 1 spiro atoms. The number of halogens is 2. The van der Waals surface area contributed by atoms with Crippen LogP contribution < -0.4 is 0 Å². The summed E-state index contributed by atoms with van der Waals surface area (Å²) >= 11 is 0. The fraction of sp³-hybridized carbons (Fsp3) is 0.650. The van der Waals surface area contributed by atoms with Gasteiger partial charge in [0.25, 0.3) is 5.92 Å². The van der Waals surface area contributed by atoms with E-state index in [1.165, 1.54) is 0 Å². The largest absolute Gasteiger partial charge is 0.349 e. The molecule has 0 radical (unpaired) electrons. The molecule has 2 aliphatic heterocycles. The van der Waals surface area contributed by atoms with E-state index in [1.807, 2.05) is 47.9 Å². The molecule has 0 N–H and O–H groups in total. The molecule has 1 aliphatic carbocycles. The summed E-state index contributed by atoms with van der Waals surface area (Å²) in [5, 5.41) is 14.4. The summed E-state index contributed by atoms with van der Waals surface area (Å²) in [7, 11) is 3.65. The van der Waals surface area contributed by atoms with Crippen molar-refractivity contribution >= 4 is 17.4 Å². The van der Waals surface area contributed by atoms with Gasteiger partial charge in [-0.05, 0) is 18.6 Å². The number of alkyl halides is 2. The third-order valence-electron chi connectivity index (χ3n) is 5.62. The molecule has 0 amide bonds. The average Bonchev–Trinajstić information content (AvgIpc) is 2.92. The van der Waals surface area contributed by atoms with Gasteiger partial charge in [0.15, 0.2) is 5.84 Å². The molecule has 0 bridgehead atoms. The minimum Gasteiger partial charge on any atom is -0.349 e.